The average Bonchev–Trinajstić information content (AvgIpc) is 3.06. The van der Waals surface area contributed by atoms with Gasteiger partial charge in [-0.25, -0.2) is 18.4 Å². The number of rotatable bonds is 3. The summed E-state index contributed by atoms with van der Waals surface area (Å²) in [5, 5.41) is 0. The highest BCUT2D eigenvalue weighted by molar-refractivity contribution is 7.89. The van der Waals surface area contributed by atoms with Gasteiger partial charge in [0, 0.05) is 29.8 Å². The molecule has 3 aromatic rings. The van der Waals surface area contributed by atoms with Crippen molar-refractivity contribution in [1.82, 2.24) is 14.3 Å². The molecule has 148 valence electrons. The molecule has 0 N–H and O–H groups in total. The van der Waals surface area contributed by atoms with E-state index in [0.29, 0.717) is 17.1 Å². The molecule has 29 heavy (non-hydrogen) atoms. The second-order valence-electron chi connectivity index (χ2n) is 8.02. The Balaban J connectivity index is 1.56. The standard InChI is InChI=1S/C23H23N3O2S/c1-15-8-9-16(2)22(12-15)29(27,28)26-18-10-11-21(26)19-14-24-23(25-20(19)13-18)17-6-4-3-5-7-17/h3-9,12,14,18,21H,10-11,13H2,1-2H3. The molecule has 2 unspecified atom stereocenters. The Morgan fingerprint density at radius 3 is 2.62 bits per heavy atom. The second-order valence-corrected chi connectivity index (χ2v) is 9.83. The van der Waals surface area contributed by atoms with Gasteiger partial charge in [0.2, 0.25) is 10.0 Å². The summed E-state index contributed by atoms with van der Waals surface area (Å²) in [4.78, 5) is 9.80. The van der Waals surface area contributed by atoms with Crippen LogP contribution in [0.15, 0.2) is 59.6 Å². The zero-order valence-corrected chi connectivity index (χ0v) is 17.4. The third-order valence-electron chi connectivity index (χ3n) is 6.06. The van der Waals surface area contributed by atoms with Crippen LogP contribution < -0.4 is 0 Å². The molecule has 1 fully saturated rings. The molecule has 1 aromatic heterocycles. The van der Waals surface area contributed by atoms with E-state index in [-0.39, 0.29) is 12.1 Å². The molecule has 2 aliphatic heterocycles. The summed E-state index contributed by atoms with van der Waals surface area (Å²) in [6.45, 7) is 3.79. The highest BCUT2D eigenvalue weighted by Crippen LogP contribution is 2.46. The van der Waals surface area contributed by atoms with Crippen molar-refractivity contribution >= 4 is 10.0 Å². The smallest absolute Gasteiger partial charge is 0.236 e. The number of hydrogen-bond acceptors (Lipinski definition) is 4. The number of aromatic nitrogens is 2. The van der Waals surface area contributed by atoms with Crippen LogP contribution in [0.3, 0.4) is 0 Å². The van der Waals surface area contributed by atoms with Crippen LogP contribution >= 0.6 is 0 Å². The molecular formula is C23H23N3O2S. The lowest BCUT2D eigenvalue weighted by molar-refractivity contribution is 0.300. The van der Waals surface area contributed by atoms with Crippen molar-refractivity contribution in [3.05, 3.63) is 77.1 Å². The highest BCUT2D eigenvalue weighted by atomic mass is 32.2. The van der Waals surface area contributed by atoms with Gasteiger partial charge < -0.3 is 0 Å². The fraction of sp³-hybridized carbons (Fsp3) is 0.304. The normalized spacial score (nSPS) is 21.2. The number of hydrogen-bond donors (Lipinski definition) is 0. The summed E-state index contributed by atoms with van der Waals surface area (Å²) < 4.78 is 28.9. The van der Waals surface area contributed by atoms with Crippen molar-refractivity contribution < 1.29 is 8.42 Å². The zero-order chi connectivity index (χ0) is 20.2. The van der Waals surface area contributed by atoms with Crippen LogP contribution in [0.4, 0.5) is 0 Å². The lowest BCUT2D eigenvalue weighted by Gasteiger charge is -2.35. The van der Waals surface area contributed by atoms with Gasteiger partial charge >= 0.3 is 0 Å². The van der Waals surface area contributed by atoms with E-state index < -0.39 is 10.0 Å². The van der Waals surface area contributed by atoms with Gasteiger partial charge in [-0.2, -0.15) is 4.31 Å². The molecule has 2 atom stereocenters. The van der Waals surface area contributed by atoms with E-state index in [1.807, 2.05) is 62.5 Å². The molecule has 2 bridgehead atoms. The van der Waals surface area contributed by atoms with Crippen LogP contribution in [0.5, 0.6) is 0 Å². The summed E-state index contributed by atoms with van der Waals surface area (Å²) in [5.41, 5.74) is 4.66. The first-order valence-electron chi connectivity index (χ1n) is 9.97. The molecule has 0 amide bonds. The number of benzene rings is 2. The largest absolute Gasteiger partial charge is 0.244 e. The molecule has 6 heteroatoms. The van der Waals surface area contributed by atoms with E-state index in [1.165, 1.54) is 0 Å². The Morgan fingerprint density at radius 1 is 1.03 bits per heavy atom. The van der Waals surface area contributed by atoms with Crippen LogP contribution in [0.25, 0.3) is 11.4 Å². The van der Waals surface area contributed by atoms with Crippen LogP contribution in [-0.2, 0) is 16.4 Å². The van der Waals surface area contributed by atoms with Crippen LogP contribution in [-0.4, -0.2) is 28.7 Å². The fourth-order valence-corrected chi connectivity index (χ4v) is 6.79. The van der Waals surface area contributed by atoms with Crippen LogP contribution in [0, 0.1) is 13.8 Å². The molecule has 5 nitrogen and oxygen atoms in total. The summed E-state index contributed by atoms with van der Waals surface area (Å²) in [6, 6.07) is 15.3. The van der Waals surface area contributed by atoms with E-state index in [1.54, 1.807) is 10.4 Å². The minimum absolute atomic E-state index is 0.0454. The van der Waals surface area contributed by atoms with E-state index in [2.05, 4.69) is 4.98 Å². The topological polar surface area (TPSA) is 63.2 Å². The highest BCUT2D eigenvalue weighted by Gasteiger charge is 2.47. The lowest BCUT2D eigenvalue weighted by atomic mass is 10.0. The van der Waals surface area contributed by atoms with Gasteiger partial charge in [0.15, 0.2) is 5.82 Å². The van der Waals surface area contributed by atoms with Gasteiger partial charge in [0.25, 0.3) is 0 Å². The van der Waals surface area contributed by atoms with E-state index in [4.69, 9.17) is 4.98 Å². The van der Waals surface area contributed by atoms with E-state index in [0.717, 1.165) is 40.8 Å². The van der Waals surface area contributed by atoms with Gasteiger partial charge in [-0.3, -0.25) is 0 Å². The first-order chi connectivity index (χ1) is 13.9. The number of nitrogens with zero attached hydrogens (tertiary/aromatic N) is 3. The van der Waals surface area contributed by atoms with Gasteiger partial charge in [-0.15, -0.1) is 0 Å². The van der Waals surface area contributed by atoms with Crippen molar-refractivity contribution in [1.29, 1.82) is 0 Å². The maximum absolute atomic E-state index is 13.6. The Labute approximate surface area is 171 Å². The molecule has 2 aliphatic rings. The molecule has 0 spiro atoms. The predicted molar refractivity (Wildman–Crippen MR) is 112 cm³/mol. The van der Waals surface area contributed by atoms with Crippen LogP contribution in [0.1, 0.15) is 41.3 Å². The maximum atomic E-state index is 13.6. The molecule has 2 aromatic carbocycles. The first-order valence-corrected chi connectivity index (χ1v) is 11.4. The summed E-state index contributed by atoms with van der Waals surface area (Å²) in [7, 11) is -3.58. The molecule has 0 saturated carbocycles. The number of sulfonamides is 1. The number of fused-ring (bicyclic) bond motifs is 4. The minimum atomic E-state index is -3.58. The van der Waals surface area contributed by atoms with E-state index >= 15 is 0 Å². The Bertz CT molecular complexity index is 1190. The van der Waals surface area contributed by atoms with Crippen LogP contribution in [0.2, 0.25) is 0 Å². The third-order valence-corrected chi connectivity index (χ3v) is 8.16. The summed E-state index contributed by atoms with van der Waals surface area (Å²) >= 11 is 0. The quantitative estimate of drug-likeness (QED) is 0.655. The molecule has 0 aliphatic carbocycles. The van der Waals surface area contributed by atoms with Gasteiger partial charge in [0.1, 0.15) is 0 Å². The fourth-order valence-electron chi connectivity index (χ4n) is 4.62. The third kappa shape index (κ3) is 2.98. The molecule has 0 radical (unpaired) electrons. The predicted octanol–water partition coefficient (Wildman–Crippen LogP) is 4.21. The summed E-state index contributed by atoms with van der Waals surface area (Å²) in [5.74, 6) is 0.703. The Morgan fingerprint density at radius 2 is 1.83 bits per heavy atom. The Kier molecular flexibility index (Phi) is 4.29. The molecule has 5 rings (SSSR count). The van der Waals surface area contributed by atoms with Gasteiger partial charge in [-0.05, 0) is 43.9 Å². The van der Waals surface area contributed by atoms with E-state index in [9.17, 15) is 8.42 Å². The number of aryl methyl sites for hydroxylation is 2. The molecular weight excluding hydrogens is 382 g/mol. The first kappa shape index (κ1) is 18.5. The second kappa shape index (κ2) is 6.75. The SMILES string of the molecule is Cc1ccc(C)c(S(=O)(=O)N2C3CCC2c2cnc(-c4ccccc4)nc2C3)c1. The maximum Gasteiger partial charge on any atom is 0.244 e. The van der Waals surface area contributed by atoms with Crippen molar-refractivity contribution in [3.8, 4) is 11.4 Å². The minimum Gasteiger partial charge on any atom is -0.236 e. The molecule has 1 saturated heterocycles. The lowest BCUT2D eigenvalue weighted by Crippen LogP contribution is -2.42. The van der Waals surface area contributed by atoms with Crippen molar-refractivity contribution in [3.63, 3.8) is 0 Å². The monoisotopic (exact) mass is 405 g/mol. The summed E-state index contributed by atoms with van der Waals surface area (Å²) in [6.07, 6.45) is 4.14. The van der Waals surface area contributed by atoms with Crippen molar-refractivity contribution in [2.75, 3.05) is 0 Å². The van der Waals surface area contributed by atoms with Gasteiger partial charge in [0.05, 0.1) is 16.6 Å². The average molecular weight is 406 g/mol. The molecule has 3 heterocycles. The van der Waals surface area contributed by atoms with Crippen molar-refractivity contribution in [2.24, 2.45) is 0 Å². The van der Waals surface area contributed by atoms with Gasteiger partial charge in [-0.1, -0.05) is 42.5 Å². The Hall–Kier alpha value is -2.57. The zero-order valence-electron chi connectivity index (χ0n) is 16.5. The van der Waals surface area contributed by atoms with Crippen molar-refractivity contribution in [2.45, 2.75) is 50.1 Å².